The molecule has 0 unspecified atom stereocenters. The van der Waals surface area contributed by atoms with Gasteiger partial charge in [-0.3, -0.25) is 9.59 Å². The molecule has 0 aromatic heterocycles. The summed E-state index contributed by atoms with van der Waals surface area (Å²) in [6.07, 6.45) is 6.98. The molecule has 2 aliphatic heterocycles. The van der Waals surface area contributed by atoms with Crippen LogP contribution in [-0.4, -0.2) is 60.0 Å². The molecular formula is C17H28N2O3. The van der Waals surface area contributed by atoms with Gasteiger partial charge in [-0.2, -0.15) is 0 Å². The SMILES string of the molecule is CCC(=O)N1CCC[C@@H](C(=O)N2CCOC3(CCCC3)C2)C1. The summed E-state index contributed by atoms with van der Waals surface area (Å²) in [5, 5.41) is 0. The molecule has 22 heavy (non-hydrogen) atoms. The number of amides is 2. The van der Waals surface area contributed by atoms with Gasteiger partial charge in [-0.1, -0.05) is 19.8 Å². The molecule has 3 rings (SSSR count). The Labute approximate surface area is 133 Å². The molecule has 124 valence electrons. The predicted molar refractivity (Wildman–Crippen MR) is 83.3 cm³/mol. The molecule has 5 heteroatoms. The first kappa shape index (κ1) is 15.8. The molecule has 0 N–H and O–H groups in total. The number of nitrogens with zero attached hydrogens (tertiary/aromatic N) is 2. The van der Waals surface area contributed by atoms with Crippen molar-refractivity contribution in [3.05, 3.63) is 0 Å². The zero-order valence-corrected chi connectivity index (χ0v) is 13.7. The van der Waals surface area contributed by atoms with E-state index in [2.05, 4.69) is 0 Å². The third-order valence-corrected chi connectivity index (χ3v) is 5.50. The van der Waals surface area contributed by atoms with E-state index in [0.717, 1.165) is 38.8 Å². The van der Waals surface area contributed by atoms with Crippen molar-refractivity contribution in [2.24, 2.45) is 5.92 Å². The summed E-state index contributed by atoms with van der Waals surface area (Å²) in [7, 11) is 0. The number of ether oxygens (including phenoxy) is 1. The lowest BCUT2D eigenvalue weighted by Crippen LogP contribution is -2.55. The van der Waals surface area contributed by atoms with Crippen LogP contribution in [-0.2, 0) is 14.3 Å². The van der Waals surface area contributed by atoms with E-state index in [0.29, 0.717) is 26.1 Å². The highest BCUT2D eigenvalue weighted by atomic mass is 16.5. The second-order valence-electron chi connectivity index (χ2n) is 7.03. The molecule has 0 bridgehead atoms. The Hall–Kier alpha value is -1.10. The summed E-state index contributed by atoms with van der Waals surface area (Å²) >= 11 is 0. The molecule has 5 nitrogen and oxygen atoms in total. The summed E-state index contributed by atoms with van der Waals surface area (Å²) in [5.41, 5.74) is -0.0680. The molecule has 1 spiro atoms. The molecule has 2 saturated heterocycles. The van der Waals surface area contributed by atoms with Crippen molar-refractivity contribution < 1.29 is 14.3 Å². The van der Waals surface area contributed by atoms with E-state index in [1.807, 2.05) is 16.7 Å². The number of carbonyl (C=O) groups is 2. The Bertz CT molecular complexity index is 432. The van der Waals surface area contributed by atoms with Crippen molar-refractivity contribution in [1.29, 1.82) is 0 Å². The van der Waals surface area contributed by atoms with Crippen LogP contribution in [0.1, 0.15) is 51.9 Å². The van der Waals surface area contributed by atoms with Gasteiger partial charge in [-0.05, 0) is 25.7 Å². The summed E-state index contributed by atoms with van der Waals surface area (Å²) in [6, 6.07) is 0. The van der Waals surface area contributed by atoms with Crippen molar-refractivity contribution in [2.45, 2.75) is 57.5 Å². The normalized spacial score (nSPS) is 28.1. The van der Waals surface area contributed by atoms with Crippen LogP contribution in [0.15, 0.2) is 0 Å². The van der Waals surface area contributed by atoms with Crippen molar-refractivity contribution in [3.8, 4) is 0 Å². The van der Waals surface area contributed by atoms with Crippen LogP contribution in [0.3, 0.4) is 0 Å². The first-order chi connectivity index (χ1) is 10.6. The molecule has 3 fully saturated rings. The highest BCUT2D eigenvalue weighted by molar-refractivity contribution is 5.81. The smallest absolute Gasteiger partial charge is 0.227 e. The van der Waals surface area contributed by atoms with Gasteiger partial charge < -0.3 is 14.5 Å². The fourth-order valence-electron chi connectivity index (χ4n) is 4.24. The Kier molecular flexibility index (Phi) is 4.71. The van der Waals surface area contributed by atoms with Gasteiger partial charge in [0.15, 0.2) is 0 Å². The standard InChI is InChI=1S/C17H28N2O3/c1-2-15(20)18-9-5-6-14(12-18)16(21)19-10-11-22-17(13-19)7-3-4-8-17/h14H,2-13H2,1H3/t14-/m1/s1. The average molecular weight is 308 g/mol. The Morgan fingerprint density at radius 3 is 2.64 bits per heavy atom. The van der Waals surface area contributed by atoms with E-state index >= 15 is 0 Å². The molecular weight excluding hydrogens is 280 g/mol. The number of hydrogen-bond donors (Lipinski definition) is 0. The van der Waals surface area contributed by atoms with Crippen LogP contribution in [0.4, 0.5) is 0 Å². The fourth-order valence-corrected chi connectivity index (χ4v) is 4.24. The summed E-state index contributed by atoms with van der Waals surface area (Å²) in [5.74, 6) is 0.399. The van der Waals surface area contributed by atoms with Gasteiger partial charge in [-0.15, -0.1) is 0 Å². The maximum absolute atomic E-state index is 12.9. The molecule has 1 atom stereocenters. The average Bonchev–Trinajstić information content (AvgIpc) is 3.01. The minimum absolute atomic E-state index is 0.0131. The van der Waals surface area contributed by atoms with Crippen LogP contribution in [0.25, 0.3) is 0 Å². The van der Waals surface area contributed by atoms with E-state index < -0.39 is 0 Å². The lowest BCUT2D eigenvalue weighted by Gasteiger charge is -2.43. The number of piperidine rings is 1. The number of rotatable bonds is 2. The topological polar surface area (TPSA) is 49.9 Å². The Morgan fingerprint density at radius 2 is 1.91 bits per heavy atom. The number of likely N-dealkylation sites (tertiary alicyclic amines) is 1. The van der Waals surface area contributed by atoms with E-state index in [1.54, 1.807) is 0 Å². The highest BCUT2D eigenvalue weighted by Crippen LogP contribution is 2.36. The van der Waals surface area contributed by atoms with E-state index in [-0.39, 0.29) is 23.3 Å². The Morgan fingerprint density at radius 1 is 1.14 bits per heavy atom. The van der Waals surface area contributed by atoms with Gasteiger partial charge in [0.05, 0.1) is 18.1 Å². The molecule has 0 radical (unpaired) electrons. The van der Waals surface area contributed by atoms with Gasteiger partial charge in [0.25, 0.3) is 0 Å². The number of carbonyl (C=O) groups excluding carboxylic acids is 2. The fraction of sp³-hybridized carbons (Fsp3) is 0.882. The first-order valence-electron chi connectivity index (χ1n) is 8.84. The van der Waals surface area contributed by atoms with Gasteiger partial charge in [0, 0.05) is 32.6 Å². The van der Waals surface area contributed by atoms with Crippen LogP contribution in [0.5, 0.6) is 0 Å². The largest absolute Gasteiger partial charge is 0.371 e. The van der Waals surface area contributed by atoms with Crippen LogP contribution in [0, 0.1) is 5.92 Å². The molecule has 0 aromatic carbocycles. The zero-order chi connectivity index (χ0) is 15.6. The molecule has 1 aliphatic carbocycles. The second-order valence-corrected chi connectivity index (χ2v) is 7.03. The van der Waals surface area contributed by atoms with Gasteiger partial charge in [0.2, 0.25) is 11.8 Å². The summed E-state index contributed by atoms with van der Waals surface area (Å²) in [4.78, 5) is 28.7. The maximum Gasteiger partial charge on any atom is 0.227 e. The molecule has 3 aliphatic rings. The quantitative estimate of drug-likeness (QED) is 0.782. The second kappa shape index (κ2) is 6.57. The van der Waals surface area contributed by atoms with Gasteiger partial charge >= 0.3 is 0 Å². The van der Waals surface area contributed by atoms with E-state index in [4.69, 9.17) is 4.74 Å². The van der Waals surface area contributed by atoms with Crippen molar-refractivity contribution in [3.63, 3.8) is 0 Å². The van der Waals surface area contributed by atoms with Gasteiger partial charge in [-0.25, -0.2) is 0 Å². The summed E-state index contributed by atoms with van der Waals surface area (Å²) in [6.45, 7) is 5.43. The van der Waals surface area contributed by atoms with Crippen molar-refractivity contribution >= 4 is 11.8 Å². The van der Waals surface area contributed by atoms with E-state index in [9.17, 15) is 9.59 Å². The van der Waals surface area contributed by atoms with Crippen LogP contribution < -0.4 is 0 Å². The minimum atomic E-state index is -0.0680. The third kappa shape index (κ3) is 3.14. The lowest BCUT2D eigenvalue weighted by molar-refractivity contribution is -0.156. The predicted octanol–water partition coefficient (Wildman–Crippen LogP) is 1.81. The number of hydrogen-bond acceptors (Lipinski definition) is 3. The first-order valence-corrected chi connectivity index (χ1v) is 8.84. The highest BCUT2D eigenvalue weighted by Gasteiger charge is 2.42. The maximum atomic E-state index is 12.9. The Balaban J connectivity index is 1.61. The molecule has 2 amide bonds. The van der Waals surface area contributed by atoms with Crippen molar-refractivity contribution in [1.82, 2.24) is 9.80 Å². The third-order valence-electron chi connectivity index (χ3n) is 5.50. The minimum Gasteiger partial charge on any atom is -0.371 e. The van der Waals surface area contributed by atoms with Crippen LogP contribution in [0.2, 0.25) is 0 Å². The molecule has 2 heterocycles. The molecule has 1 saturated carbocycles. The van der Waals surface area contributed by atoms with E-state index in [1.165, 1.54) is 12.8 Å². The summed E-state index contributed by atoms with van der Waals surface area (Å²) < 4.78 is 6.01. The number of morpholine rings is 1. The van der Waals surface area contributed by atoms with Crippen molar-refractivity contribution in [2.75, 3.05) is 32.8 Å². The lowest BCUT2D eigenvalue weighted by atomic mass is 9.94. The molecule has 0 aromatic rings. The van der Waals surface area contributed by atoms with Crippen LogP contribution >= 0.6 is 0 Å². The van der Waals surface area contributed by atoms with Gasteiger partial charge in [0.1, 0.15) is 0 Å². The zero-order valence-electron chi connectivity index (χ0n) is 13.7. The monoisotopic (exact) mass is 308 g/mol.